The number of carbonyl (C=O) groups is 5. The molecule has 0 aromatic carbocycles. The lowest BCUT2D eigenvalue weighted by molar-refractivity contribution is -0.163. The van der Waals surface area contributed by atoms with Crippen LogP contribution in [-0.4, -0.2) is 88.2 Å². The number of fused-ring (bicyclic) bond motifs is 1. The first-order valence-corrected chi connectivity index (χ1v) is 18.9. The quantitative estimate of drug-likeness (QED) is 0.230. The van der Waals surface area contributed by atoms with Gasteiger partial charge in [0.1, 0.15) is 12.1 Å². The van der Waals surface area contributed by atoms with E-state index < -0.39 is 66.8 Å². The van der Waals surface area contributed by atoms with Gasteiger partial charge in [0.25, 0.3) is 5.91 Å². The number of nitrogens with one attached hydrogen (secondary N) is 4. The number of nitrogens with zero attached hydrogens (tertiary/aromatic N) is 3. The van der Waals surface area contributed by atoms with Crippen LogP contribution in [0.2, 0.25) is 0 Å². The molecule has 292 valence electrons. The van der Waals surface area contributed by atoms with Crippen molar-refractivity contribution in [3.8, 4) is 0 Å². The molecule has 4 N–H and O–H groups in total. The molecule has 0 bridgehead atoms. The molecule has 4 fully saturated rings. The predicted molar refractivity (Wildman–Crippen MR) is 189 cm³/mol. The van der Waals surface area contributed by atoms with Crippen LogP contribution in [0.25, 0.3) is 0 Å². The number of halogens is 3. The standard InChI is InChI=1S/C30H40F3N7O5.C4H10.C3H8/c31-30(32,33)26(21-13-34-11-12-35-21)39-24(17-5-2-1-3-6-17)28(44)37-15-23(42)40-16-18-7-4-8-20(18)25(40)29(45)36-14-22(41)27(43)38-19-9-10-19;1-4(2)3;1-3-2/h11-13,17-20,24-26,39H,1-10,14-16H2,(H,36,45)(H,37,44)(H,38,43);4H,1-3H3;3H2,1-2H3/t18-,20-,24?,25-,26-;;/m0../s1. The van der Waals surface area contributed by atoms with Crippen molar-refractivity contribution in [3.05, 3.63) is 24.3 Å². The molecule has 0 spiro atoms. The number of Topliss-reactive ketones (excluding diaryl/α,β-unsaturated/α-hetero) is 1. The highest BCUT2D eigenvalue weighted by atomic mass is 19.4. The zero-order valence-corrected chi connectivity index (χ0v) is 31.3. The van der Waals surface area contributed by atoms with Gasteiger partial charge in [-0.25, -0.2) is 0 Å². The van der Waals surface area contributed by atoms with Gasteiger partial charge in [-0.3, -0.25) is 39.3 Å². The largest absolute Gasteiger partial charge is 0.409 e. The molecule has 5 rings (SSSR count). The van der Waals surface area contributed by atoms with Crippen LogP contribution < -0.4 is 21.3 Å². The van der Waals surface area contributed by atoms with Crippen molar-refractivity contribution in [2.75, 3.05) is 19.6 Å². The third-order valence-corrected chi connectivity index (χ3v) is 9.44. The molecule has 52 heavy (non-hydrogen) atoms. The van der Waals surface area contributed by atoms with Gasteiger partial charge in [-0.2, -0.15) is 13.2 Å². The van der Waals surface area contributed by atoms with Crippen molar-refractivity contribution >= 4 is 29.4 Å². The predicted octanol–water partition coefficient (Wildman–Crippen LogP) is 4.40. The average molecular weight is 738 g/mol. The summed E-state index contributed by atoms with van der Waals surface area (Å²) in [7, 11) is 0. The normalized spacial score (nSPS) is 22.5. The minimum Gasteiger partial charge on any atom is -0.347 e. The smallest absolute Gasteiger partial charge is 0.347 e. The monoisotopic (exact) mass is 737 g/mol. The Morgan fingerprint density at radius 2 is 1.54 bits per heavy atom. The fourth-order valence-corrected chi connectivity index (χ4v) is 7.00. The second-order valence-electron chi connectivity index (χ2n) is 15.0. The van der Waals surface area contributed by atoms with E-state index in [1.807, 2.05) is 0 Å². The summed E-state index contributed by atoms with van der Waals surface area (Å²) in [5, 5.41) is 10.1. The Morgan fingerprint density at radius 3 is 2.12 bits per heavy atom. The number of amides is 4. The van der Waals surface area contributed by atoms with Gasteiger partial charge in [0.15, 0.2) is 0 Å². The highest BCUT2D eigenvalue weighted by Gasteiger charge is 2.50. The van der Waals surface area contributed by atoms with Crippen molar-refractivity contribution in [1.29, 1.82) is 0 Å². The Morgan fingerprint density at radius 1 is 0.885 bits per heavy atom. The lowest BCUT2D eigenvalue weighted by Crippen LogP contribution is -2.56. The van der Waals surface area contributed by atoms with Crippen molar-refractivity contribution in [3.63, 3.8) is 0 Å². The van der Waals surface area contributed by atoms with E-state index in [9.17, 15) is 37.1 Å². The summed E-state index contributed by atoms with van der Waals surface area (Å²) in [5.74, 6) is -2.96. The molecule has 3 aliphatic carbocycles. The topological polar surface area (TPSA) is 162 Å². The van der Waals surface area contributed by atoms with E-state index in [2.05, 4.69) is 65.9 Å². The van der Waals surface area contributed by atoms with Gasteiger partial charge in [-0.1, -0.05) is 66.7 Å². The highest BCUT2D eigenvalue weighted by molar-refractivity contribution is 6.37. The van der Waals surface area contributed by atoms with Crippen LogP contribution in [0.1, 0.15) is 117 Å². The van der Waals surface area contributed by atoms with Gasteiger partial charge in [-0.15, -0.1) is 0 Å². The number of hydrogen-bond donors (Lipinski definition) is 4. The molecule has 1 aliphatic heterocycles. The molecular formula is C37H58F3N7O5. The number of aromatic nitrogens is 2. The van der Waals surface area contributed by atoms with Crippen LogP contribution in [-0.2, 0) is 24.0 Å². The molecule has 2 heterocycles. The Labute approximate surface area is 305 Å². The number of ketones is 1. The first-order valence-electron chi connectivity index (χ1n) is 18.9. The van der Waals surface area contributed by atoms with Crippen LogP contribution in [0.5, 0.6) is 0 Å². The van der Waals surface area contributed by atoms with Gasteiger partial charge in [0.2, 0.25) is 23.5 Å². The molecule has 15 heteroatoms. The molecule has 1 aromatic rings. The molecular weight excluding hydrogens is 679 g/mol. The molecule has 1 saturated heterocycles. The summed E-state index contributed by atoms with van der Waals surface area (Å²) in [5.41, 5.74) is -0.365. The third kappa shape index (κ3) is 13.1. The lowest BCUT2D eigenvalue weighted by Gasteiger charge is -2.34. The molecule has 12 nitrogen and oxygen atoms in total. The molecule has 1 aromatic heterocycles. The molecule has 1 unspecified atom stereocenters. The maximum atomic E-state index is 14.2. The molecule has 4 amide bonds. The van der Waals surface area contributed by atoms with Crippen molar-refractivity contribution in [2.24, 2.45) is 23.7 Å². The van der Waals surface area contributed by atoms with E-state index in [1.54, 1.807) is 0 Å². The fraction of sp³-hybridized carbons (Fsp3) is 0.757. The van der Waals surface area contributed by atoms with Gasteiger partial charge in [0.05, 0.1) is 31.0 Å². The molecule has 0 radical (unpaired) electrons. The maximum Gasteiger partial charge on any atom is 0.409 e. The second-order valence-corrected chi connectivity index (χ2v) is 15.0. The summed E-state index contributed by atoms with van der Waals surface area (Å²) in [6, 6.07) is -4.36. The molecule has 5 atom stereocenters. The fourth-order valence-electron chi connectivity index (χ4n) is 7.00. The number of carbonyl (C=O) groups excluding carboxylic acids is 5. The summed E-state index contributed by atoms with van der Waals surface area (Å²) >= 11 is 0. The first kappa shape index (κ1) is 42.8. The SMILES string of the molecule is CC(C)C.CCC.O=C(CNC(=O)[C@@H]1[C@H]2CCC[C@H]2CN1C(=O)CNC(=O)C(N[C@@H](c1cnccn1)C(F)(F)F)C1CCCCC1)C(=O)NC1CC1. The molecule has 4 aliphatic rings. The first-order chi connectivity index (χ1) is 24.7. The zero-order chi connectivity index (χ0) is 38.4. The van der Waals surface area contributed by atoms with E-state index in [1.165, 1.54) is 17.5 Å². The van der Waals surface area contributed by atoms with E-state index in [4.69, 9.17) is 0 Å². The van der Waals surface area contributed by atoms with Crippen molar-refractivity contribution < 1.29 is 37.1 Å². The summed E-state index contributed by atoms with van der Waals surface area (Å²) in [6.45, 7) is 10.0. The van der Waals surface area contributed by atoms with E-state index >= 15 is 0 Å². The maximum absolute atomic E-state index is 14.2. The third-order valence-electron chi connectivity index (χ3n) is 9.44. The summed E-state index contributed by atoms with van der Waals surface area (Å²) < 4.78 is 42.5. The van der Waals surface area contributed by atoms with Crippen LogP contribution in [0.15, 0.2) is 18.6 Å². The van der Waals surface area contributed by atoms with Crippen molar-refractivity contribution in [1.82, 2.24) is 36.1 Å². The minimum absolute atomic E-state index is 0.00572. The van der Waals surface area contributed by atoms with E-state index in [0.717, 1.165) is 63.3 Å². The second kappa shape index (κ2) is 20.6. The Kier molecular flexibility index (Phi) is 16.9. The van der Waals surface area contributed by atoms with Gasteiger partial charge in [-0.05, 0) is 62.2 Å². The molecule has 3 saturated carbocycles. The van der Waals surface area contributed by atoms with Gasteiger partial charge < -0.3 is 20.9 Å². The Balaban J connectivity index is 0.000000959. The zero-order valence-electron chi connectivity index (χ0n) is 31.3. The number of rotatable bonds is 12. The minimum atomic E-state index is -4.76. The Hall–Kier alpha value is -3.62. The van der Waals surface area contributed by atoms with E-state index in [0.29, 0.717) is 25.8 Å². The van der Waals surface area contributed by atoms with Crippen molar-refractivity contribution in [2.45, 2.75) is 136 Å². The number of alkyl halides is 3. The van der Waals surface area contributed by atoms with Gasteiger partial charge in [0, 0.05) is 25.0 Å². The lowest BCUT2D eigenvalue weighted by atomic mass is 9.83. The summed E-state index contributed by atoms with van der Waals surface area (Å²) in [6.07, 6.45) is 7.54. The van der Waals surface area contributed by atoms with Crippen LogP contribution in [0.4, 0.5) is 13.2 Å². The van der Waals surface area contributed by atoms with E-state index in [-0.39, 0.29) is 29.5 Å². The number of hydrogen-bond acceptors (Lipinski definition) is 8. The van der Waals surface area contributed by atoms with Crippen LogP contribution in [0.3, 0.4) is 0 Å². The van der Waals surface area contributed by atoms with Gasteiger partial charge >= 0.3 is 6.18 Å². The highest BCUT2D eigenvalue weighted by Crippen LogP contribution is 2.42. The summed E-state index contributed by atoms with van der Waals surface area (Å²) in [4.78, 5) is 73.4. The number of likely N-dealkylation sites (tertiary alicyclic amines) is 1. The Bertz CT molecular complexity index is 1320. The van der Waals surface area contributed by atoms with Crippen LogP contribution >= 0.6 is 0 Å². The van der Waals surface area contributed by atoms with Crippen LogP contribution in [0, 0.1) is 23.7 Å². The average Bonchev–Trinajstić information content (AvgIpc) is 3.66.